The smallest absolute Gasteiger partial charge is 0.389 e. The van der Waals surface area contributed by atoms with E-state index in [9.17, 15) is 17.6 Å². The summed E-state index contributed by atoms with van der Waals surface area (Å²) in [5.74, 6) is -0.606. The fraction of sp³-hybridized carbons (Fsp3) is 0.417. The monoisotopic (exact) mass is 294 g/mol. The standard InChI is InChI=1S/C12H14F4N2S/c1-2-18(7-12(14,15)16)6-9-4-3-8(11(17)19)5-10(9)13/h3-5H,2,6-7H2,1H3,(H2,17,19). The van der Waals surface area contributed by atoms with Crippen LogP contribution in [0, 0.1) is 5.82 Å². The largest absolute Gasteiger partial charge is 0.401 e. The maximum absolute atomic E-state index is 13.7. The lowest BCUT2D eigenvalue weighted by Crippen LogP contribution is -2.33. The Hall–Kier alpha value is -1.21. The van der Waals surface area contributed by atoms with Gasteiger partial charge in [-0.05, 0) is 12.6 Å². The molecule has 0 amide bonds. The predicted molar refractivity (Wildman–Crippen MR) is 69.3 cm³/mol. The number of rotatable bonds is 5. The highest BCUT2D eigenvalue weighted by Gasteiger charge is 2.30. The number of nitrogens with two attached hydrogens (primary N) is 1. The quantitative estimate of drug-likeness (QED) is 0.669. The Balaban J connectivity index is 2.83. The molecule has 0 spiro atoms. The summed E-state index contributed by atoms with van der Waals surface area (Å²) < 4.78 is 50.6. The van der Waals surface area contributed by atoms with Crippen LogP contribution in [0.1, 0.15) is 18.1 Å². The Morgan fingerprint density at radius 3 is 2.42 bits per heavy atom. The van der Waals surface area contributed by atoms with E-state index in [1.165, 1.54) is 12.1 Å². The Bertz CT molecular complexity index is 460. The second-order valence-corrected chi connectivity index (χ2v) is 4.53. The van der Waals surface area contributed by atoms with Gasteiger partial charge in [-0.25, -0.2) is 4.39 Å². The molecule has 0 aliphatic heterocycles. The zero-order valence-electron chi connectivity index (χ0n) is 10.3. The van der Waals surface area contributed by atoms with Gasteiger partial charge >= 0.3 is 6.18 Å². The number of halogens is 4. The van der Waals surface area contributed by atoms with E-state index in [0.29, 0.717) is 5.56 Å². The SMILES string of the molecule is CCN(Cc1ccc(C(N)=S)cc1F)CC(F)(F)F. The summed E-state index contributed by atoms with van der Waals surface area (Å²) in [5.41, 5.74) is 5.89. The van der Waals surface area contributed by atoms with Gasteiger partial charge in [0.2, 0.25) is 0 Å². The molecule has 0 saturated heterocycles. The molecule has 0 fully saturated rings. The first-order chi connectivity index (χ1) is 8.73. The molecule has 106 valence electrons. The molecule has 19 heavy (non-hydrogen) atoms. The third-order valence-electron chi connectivity index (χ3n) is 2.58. The van der Waals surface area contributed by atoms with Crippen molar-refractivity contribution in [3.05, 3.63) is 35.1 Å². The van der Waals surface area contributed by atoms with Crippen LogP contribution in [0.4, 0.5) is 17.6 Å². The van der Waals surface area contributed by atoms with E-state index >= 15 is 0 Å². The second kappa shape index (κ2) is 6.29. The van der Waals surface area contributed by atoms with Crippen LogP contribution in [0.3, 0.4) is 0 Å². The lowest BCUT2D eigenvalue weighted by molar-refractivity contribution is -0.146. The van der Waals surface area contributed by atoms with Gasteiger partial charge in [0.15, 0.2) is 0 Å². The summed E-state index contributed by atoms with van der Waals surface area (Å²) in [6.45, 7) is 0.586. The Morgan fingerprint density at radius 1 is 1.37 bits per heavy atom. The van der Waals surface area contributed by atoms with Crippen LogP contribution in [0.2, 0.25) is 0 Å². The maximum atomic E-state index is 13.7. The fourth-order valence-corrected chi connectivity index (χ4v) is 1.73. The molecule has 0 aromatic heterocycles. The van der Waals surface area contributed by atoms with Gasteiger partial charge in [-0.15, -0.1) is 0 Å². The van der Waals surface area contributed by atoms with Crippen molar-refractivity contribution < 1.29 is 17.6 Å². The molecular weight excluding hydrogens is 280 g/mol. The second-order valence-electron chi connectivity index (χ2n) is 4.09. The Kier molecular flexibility index (Phi) is 5.25. The average Bonchev–Trinajstić information content (AvgIpc) is 2.28. The summed E-state index contributed by atoms with van der Waals surface area (Å²) in [6.07, 6.45) is -4.30. The van der Waals surface area contributed by atoms with Gasteiger partial charge in [0.25, 0.3) is 0 Å². The molecule has 7 heteroatoms. The van der Waals surface area contributed by atoms with Crippen molar-refractivity contribution in [2.24, 2.45) is 5.73 Å². The van der Waals surface area contributed by atoms with E-state index in [-0.39, 0.29) is 23.6 Å². The van der Waals surface area contributed by atoms with E-state index in [1.807, 2.05) is 0 Å². The van der Waals surface area contributed by atoms with Gasteiger partial charge in [-0.2, -0.15) is 13.2 Å². The Labute approximate surface area is 114 Å². The number of thiocarbonyl (C=S) groups is 1. The highest BCUT2D eigenvalue weighted by molar-refractivity contribution is 7.80. The highest BCUT2D eigenvalue weighted by Crippen LogP contribution is 2.19. The third kappa shape index (κ3) is 5.12. The molecule has 1 rings (SSSR count). The molecule has 2 N–H and O–H groups in total. The first-order valence-electron chi connectivity index (χ1n) is 5.60. The lowest BCUT2D eigenvalue weighted by atomic mass is 10.1. The van der Waals surface area contributed by atoms with E-state index in [1.54, 1.807) is 6.92 Å². The highest BCUT2D eigenvalue weighted by atomic mass is 32.1. The number of alkyl halides is 3. The van der Waals surface area contributed by atoms with E-state index in [0.717, 1.165) is 11.0 Å². The minimum absolute atomic E-state index is 0.0492. The normalized spacial score (nSPS) is 11.9. The molecular formula is C12H14F4N2S. The van der Waals surface area contributed by atoms with Crippen molar-refractivity contribution in [3.8, 4) is 0 Å². The van der Waals surface area contributed by atoms with Gasteiger partial charge in [-0.3, -0.25) is 4.90 Å². The van der Waals surface area contributed by atoms with Crippen molar-refractivity contribution in [2.45, 2.75) is 19.6 Å². The van der Waals surface area contributed by atoms with Gasteiger partial charge in [0, 0.05) is 17.7 Å². The van der Waals surface area contributed by atoms with Crippen LogP contribution in [0.15, 0.2) is 18.2 Å². The van der Waals surface area contributed by atoms with E-state index in [2.05, 4.69) is 0 Å². The van der Waals surface area contributed by atoms with E-state index < -0.39 is 18.5 Å². The summed E-state index contributed by atoms with van der Waals surface area (Å²) in [6, 6.07) is 4.05. The molecule has 0 unspecified atom stereocenters. The summed E-state index contributed by atoms with van der Waals surface area (Å²) in [7, 11) is 0. The first-order valence-corrected chi connectivity index (χ1v) is 6.01. The van der Waals surface area contributed by atoms with Crippen molar-refractivity contribution in [1.29, 1.82) is 0 Å². The van der Waals surface area contributed by atoms with E-state index in [4.69, 9.17) is 18.0 Å². The minimum atomic E-state index is -4.30. The van der Waals surface area contributed by atoms with Gasteiger partial charge in [0.05, 0.1) is 6.54 Å². The first kappa shape index (κ1) is 15.8. The van der Waals surface area contributed by atoms with Crippen molar-refractivity contribution >= 4 is 17.2 Å². The zero-order valence-corrected chi connectivity index (χ0v) is 11.1. The molecule has 0 saturated carbocycles. The number of benzene rings is 1. The number of nitrogens with zero attached hydrogens (tertiary/aromatic N) is 1. The topological polar surface area (TPSA) is 29.3 Å². The van der Waals surface area contributed by atoms with Crippen LogP contribution in [-0.2, 0) is 6.54 Å². The summed E-state index contributed by atoms with van der Waals surface area (Å²) in [5, 5.41) is 0. The maximum Gasteiger partial charge on any atom is 0.401 e. The summed E-state index contributed by atoms with van der Waals surface area (Å²) in [4.78, 5) is 1.16. The fourth-order valence-electron chi connectivity index (χ4n) is 1.60. The third-order valence-corrected chi connectivity index (χ3v) is 2.82. The average molecular weight is 294 g/mol. The molecule has 2 nitrogen and oxygen atoms in total. The van der Waals surface area contributed by atoms with Crippen LogP contribution < -0.4 is 5.73 Å². The van der Waals surface area contributed by atoms with Crippen LogP contribution in [0.5, 0.6) is 0 Å². The van der Waals surface area contributed by atoms with Gasteiger partial charge < -0.3 is 5.73 Å². The molecule has 0 aliphatic rings. The molecule has 0 radical (unpaired) electrons. The number of hydrogen-bond donors (Lipinski definition) is 1. The van der Waals surface area contributed by atoms with Crippen molar-refractivity contribution in [1.82, 2.24) is 4.90 Å². The molecule has 0 heterocycles. The lowest BCUT2D eigenvalue weighted by Gasteiger charge is -2.22. The van der Waals surface area contributed by atoms with Gasteiger partial charge in [-0.1, -0.05) is 31.3 Å². The summed E-state index contributed by atoms with van der Waals surface area (Å²) >= 11 is 4.70. The zero-order chi connectivity index (χ0) is 14.6. The molecule has 1 aromatic carbocycles. The molecule has 0 atom stereocenters. The van der Waals surface area contributed by atoms with Crippen molar-refractivity contribution in [3.63, 3.8) is 0 Å². The number of hydrogen-bond acceptors (Lipinski definition) is 2. The van der Waals surface area contributed by atoms with Crippen LogP contribution >= 0.6 is 12.2 Å². The van der Waals surface area contributed by atoms with Gasteiger partial charge in [0.1, 0.15) is 10.8 Å². The molecule has 0 bridgehead atoms. The molecule has 0 aliphatic carbocycles. The van der Waals surface area contributed by atoms with Crippen molar-refractivity contribution in [2.75, 3.05) is 13.1 Å². The molecule has 1 aromatic rings. The predicted octanol–water partition coefficient (Wildman–Crippen LogP) is 2.84. The minimum Gasteiger partial charge on any atom is -0.389 e. The Morgan fingerprint density at radius 2 is 2.00 bits per heavy atom. The van der Waals surface area contributed by atoms with Crippen LogP contribution in [0.25, 0.3) is 0 Å². The van der Waals surface area contributed by atoms with Crippen LogP contribution in [-0.4, -0.2) is 29.2 Å².